The Kier molecular flexibility index (Phi) is 2.95. The lowest BCUT2D eigenvalue weighted by molar-refractivity contribution is -0.136. The standard InChI is InChI=1S/C13H12O4/c1-8-2-4-11(14)10-6-9(7-13(15)16)3-5-12(10)17-8/h2-6,8H,7H2,1H3,(H,15,16). The first kappa shape index (κ1) is 11.4. The maximum atomic E-state index is 11.8. The van der Waals surface area contributed by atoms with E-state index in [9.17, 15) is 9.59 Å². The fourth-order valence-corrected chi connectivity index (χ4v) is 1.71. The number of hydrogen-bond donors (Lipinski definition) is 1. The van der Waals surface area contributed by atoms with Crippen LogP contribution in [0.4, 0.5) is 0 Å². The lowest BCUT2D eigenvalue weighted by atomic mass is 10.0. The minimum absolute atomic E-state index is 0.0974. The number of carbonyl (C=O) groups excluding carboxylic acids is 1. The summed E-state index contributed by atoms with van der Waals surface area (Å²) in [6, 6.07) is 4.89. The molecule has 0 spiro atoms. The molecule has 4 heteroatoms. The lowest BCUT2D eigenvalue weighted by Crippen LogP contribution is -2.08. The zero-order valence-electron chi connectivity index (χ0n) is 9.34. The van der Waals surface area contributed by atoms with Gasteiger partial charge in [-0.25, -0.2) is 0 Å². The van der Waals surface area contributed by atoms with E-state index in [4.69, 9.17) is 9.84 Å². The van der Waals surface area contributed by atoms with Crippen LogP contribution in [0.3, 0.4) is 0 Å². The highest BCUT2D eigenvalue weighted by atomic mass is 16.5. The molecule has 0 saturated heterocycles. The fraction of sp³-hybridized carbons (Fsp3) is 0.231. The molecule has 1 aromatic carbocycles. The highest BCUT2D eigenvalue weighted by Gasteiger charge is 2.17. The van der Waals surface area contributed by atoms with E-state index in [1.807, 2.05) is 6.92 Å². The smallest absolute Gasteiger partial charge is 0.307 e. The molecule has 2 rings (SSSR count). The molecule has 1 aliphatic rings. The van der Waals surface area contributed by atoms with Crippen molar-refractivity contribution in [3.05, 3.63) is 41.5 Å². The molecule has 0 fully saturated rings. The van der Waals surface area contributed by atoms with Crippen LogP contribution >= 0.6 is 0 Å². The van der Waals surface area contributed by atoms with Crippen molar-refractivity contribution in [2.24, 2.45) is 0 Å². The molecule has 17 heavy (non-hydrogen) atoms. The quantitative estimate of drug-likeness (QED) is 0.844. The number of benzene rings is 1. The third kappa shape index (κ3) is 2.53. The van der Waals surface area contributed by atoms with Crippen LogP contribution in [0.1, 0.15) is 22.8 Å². The van der Waals surface area contributed by atoms with Gasteiger partial charge < -0.3 is 9.84 Å². The molecule has 0 aliphatic carbocycles. The second kappa shape index (κ2) is 4.41. The van der Waals surface area contributed by atoms with Gasteiger partial charge >= 0.3 is 5.97 Å². The maximum absolute atomic E-state index is 11.8. The molecular weight excluding hydrogens is 220 g/mol. The Morgan fingerprint density at radius 3 is 2.94 bits per heavy atom. The van der Waals surface area contributed by atoms with E-state index in [0.29, 0.717) is 16.9 Å². The largest absolute Gasteiger partial charge is 0.486 e. The predicted molar refractivity (Wildman–Crippen MR) is 61.3 cm³/mol. The van der Waals surface area contributed by atoms with Crippen molar-refractivity contribution >= 4 is 11.8 Å². The molecule has 0 radical (unpaired) electrons. The van der Waals surface area contributed by atoms with E-state index >= 15 is 0 Å². The Labute approximate surface area is 98.5 Å². The number of carboxylic acid groups (broad SMARTS) is 1. The first-order valence-corrected chi connectivity index (χ1v) is 5.30. The van der Waals surface area contributed by atoms with Crippen LogP contribution in [0.5, 0.6) is 5.75 Å². The Morgan fingerprint density at radius 2 is 2.24 bits per heavy atom. The van der Waals surface area contributed by atoms with Crippen LogP contribution in [0.15, 0.2) is 30.4 Å². The van der Waals surface area contributed by atoms with Crippen LogP contribution in [-0.4, -0.2) is 23.0 Å². The summed E-state index contributed by atoms with van der Waals surface area (Å²) in [6.07, 6.45) is 2.88. The Balaban J connectivity index is 2.40. The van der Waals surface area contributed by atoms with Gasteiger partial charge in [0.05, 0.1) is 12.0 Å². The first-order valence-electron chi connectivity index (χ1n) is 5.30. The molecular formula is C13H12O4. The van der Waals surface area contributed by atoms with Gasteiger partial charge in [0.1, 0.15) is 11.9 Å². The molecule has 1 aromatic rings. The predicted octanol–water partition coefficient (Wildman–Crippen LogP) is 1.83. The van der Waals surface area contributed by atoms with E-state index in [2.05, 4.69) is 0 Å². The van der Waals surface area contributed by atoms with E-state index in [1.54, 1.807) is 24.3 Å². The van der Waals surface area contributed by atoms with Crippen molar-refractivity contribution in [1.29, 1.82) is 0 Å². The number of fused-ring (bicyclic) bond motifs is 1. The van der Waals surface area contributed by atoms with Gasteiger partial charge in [-0.05, 0) is 36.8 Å². The highest BCUT2D eigenvalue weighted by molar-refractivity contribution is 6.07. The van der Waals surface area contributed by atoms with E-state index in [-0.39, 0.29) is 18.3 Å². The lowest BCUT2D eigenvalue weighted by Gasteiger charge is -2.11. The minimum Gasteiger partial charge on any atom is -0.486 e. The second-order valence-electron chi connectivity index (χ2n) is 3.95. The molecule has 0 aromatic heterocycles. The van der Waals surface area contributed by atoms with Crippen LogP contribution in [0, 0.1) is 0 Å². The summed E-state index contributed by atoms with van der Waals surface area (Å²) in [4.78, 5) is 22.4. The zero-order chi connectivity index (χ0) is 12.4. The molecule has 1 aliphatic heterocycles. The van der Waals surface area contributed by atoms with Gasteiger partial charge in [0.15, 0.2) is 5.78 Å². The Morgan fingerprint density at radius 1 is 1.47 bits per heavy atom. The van der Waals surface area contributed by atoms with Crippen molar-refractivity contribution in [2.45, 2.75) is 19.4 Å². The van der Waals surface area contributed by atoms with Gasteiger partial charge in [-0.2, -0.15) is 0 Å². The number of aliphatic carboxylic acids is 1. The molecule has 0 saturated carbocycles. The van der Waals surface area contributed by atoms with Crippen molar-refractivity contribution in [3.63, 3.8) is 0 Å². The van der Waals surface area contributed by atoms with E-state index in [0.717, 1.165) is 0 Å². The van der Waals surface area contributed by atoms with Crippen LogP contribution < -0.4 is 4.74 Å². The van der Waals surface area contributed by atoms with Crippen LogP contribution in [0.25, 0.3) is 0 Å². The van der Waals surface area contributed by atoms with E-state index < -0.39 is 5.97 Å². The summed E-state index contributed by atoms with van der Waals surface area (Å²) >= 11 is 0. The topological polar surface area (TPSA) is 63.6 Å². The summed E-state index contributed by atoms with van der Waals surface area (Å²) in [7, 11) is 0. The highest BCUT2D eigenvalue weighted by Crippen LogP contribution is 2.25. The Bertz CT molecular complexity index is 502. The monoisotopic (exact) mass is 232 g/mol. The third-order valence-corrected chi connectivity index (χ3v) is 2.50. The van der Waals surface area contributed by atoms with Gasteiger partial charge in [0, 0.05) is 0 Å². The molecule has 0 amide bonds. The average Bonchev–Trinajstić information content (AvgIpc) is 2.39. The Hall–Kier alpha value is -2.10. The van der Waals surface area contributed by atoms with Gasteiger partial charge in [0.2, 0.25) is 0 Å². The molecule has 1 N–H and O–H groups in total. The summed E-state index contributed by atoms with van der Waals surface area (Å²) in [5.41, 5.74) is 1.01. The number of allylic oxidation sites excluding steroid dienone is 1. The molecule has 1 heterocycles. The van der Waals surface area contributed by atoms with Crippen molar-refractivity contribution < 1.29 is 19.4 Å². The molecule has 1 unspecified atom stereocenters. The second-order valence-corrected chi connectivity index (χ2v) is 3.95. The normalized spacial score (nSPS) is 18.2. The van der Waals surface area contributed by atoms with Crippen LogP contribution in [0.2, 0.25) is 0 Å². The van der Waals surface area contributed by atoms with Gasteiger partial charge in [-0.3, -0.25) is 9.59 Å². The summed E-state index contributed by atoms with van der Waals surface area (Å²) in [6.45, 7) is 1.84. The minimum atomic E-state index is -0.921. The number of hydrogen-bond acceptors (Lipinski definition) is 3. The van der Waals surface area contributed by atoms with Gasteiger partial charge in [-0.1, -0.05) is 6.07 Å². The molecule has 0 bridgehead atoms. The van der Waals surface area contributed by atoms with Crippen molar-refractivity contribution in [3.8, 4) is 5.75 Å². The number of carbonyl (C=O) groups is 2. The number of ketones is 1. The summed E-state index contributed by atoms with van der Waals surface area (Å²) < 4.78 is 5.53. The van der Waals surface area contributed by atoms with Gasteiger partial charge in [-0.15, -0.1) is 0 Å². The SMILES string of the molecule is CC1C=CC(=O)c2cc(CC(=O)O)ccc2O1. The molecule has 88 valence electrons. The summed E-state index contributed by atoms with van der Waals surface area (Å²) in [5, 5.41) is 8.70. The summed E-state index contributed by atoms with van der Waals surface area (Å²) in [5.74, 6) is -0.575. The number of rotatable bonds is 2. The molecule has 4 nitrogen and oxygen atoms in total. The first-order chi connectivity index (χ1) is 8.06. The number of carboxylic acids is 1. The van der Waals surface area contributed by atoms with Crippen molar-refractivity contribution in [1.82, 2.24) is 0 Å². The molecule has 1 atom stereocenters. The van der Waals surface area contributed by atoms with Gasteiger partial charge in [0.25, 0.3) is 0 Å². The average molecular weight is 232 g/mol. The zero-order valence-corrected chi connectivity index (χ0v) is 9.34. The van der Waals surface area contributed by atoms with E-state index in [1.165, 1.54) is 6.08 Å². The third-order valence-electron chi connectivity index (χ3n) is 2.50. The fourth-order valence-electron chi connectivity index (χ4n) is 1.71. The van der Waals surface area contributed by atoms with Crippen LogP contribution in [-0.2, 0) is 11.2 Å². The number of ether oxygens (including phenoxy) is 1. The maximum Gasteiger partial charge on any atom is 0.307 e. The van der Waals surface area contributed by atoms with Crippen molar-refractivity contribution in [2.75, 3.05) is 0 Å².